The van der Waals surface area contributed by atoms with Crippen molar-refractivity contribution >= 4 is 0 Å². The van der Waals surface area contributed by atoms with E-state index in [0.29, 0.717) is 12.2 Å². The molecule has 1 aliphatic rings. The second kappa shape index (κ2) is 6.01. The van der Waals surface area contributed by atoms with Gasteiger partial charge in [0.15, 0.2) is 23.0 Å². The molecule has 122 valence electrons. The largest absolute Gasteiger partial charge is 0.504 e. The van der Waals surface area contributed by atoms with Crippen molar-refractivity contribution in [2.24, 2.45) is 0 Å². The lowest BCUT2D eigenvalue weighted by Crippen LogP contribution is -2.31. The quantitative estimate of drug-likeness (QED) is 0.655. The minimum absolute atomic E-state index is 0.0400. The van der Waals surface area contributed by atoms with Gasteiger partial charge in [0.05, 0.1) is 7.11 Å². The number of aromatic hydroxyl groups is 3. The van der Waals surface area contributed by atoms with Gasteiger partial charge in [-0.05, 0) is 72.8 Å². The molecule has 23 heavy (non-hydrogen) atoms. The number of phenols is 3. The van der Waals surface area contributed by atoms with Gasteiger partial charge >= 0.3 is 0 Å². The first-order valence-corrected chi connectivity index (χ1v) is 7.64. The molecule has 1 atom stereocenters. The van der Waals surface area contributed by atoms with Crippen molar-refractivity contribution in [3.8, 4) is 23.0 Å². The highest BCUT2D eigenvalue weighted by Gasteiger charge is 2.23. The van der Waals surface area contributed by atoms with E-state index in [9.17, 15) is 15.3 Å². The number of rotatable bonds is 3. The van der Waals surface area contributed by atoms with Gasteiger partial charge in [0.25, 0.3) is 0 Å². The standard InChI is InChI=1S/C18H21NO4/c1-10-5-15(20)16(21)7-12(10)6-14-13-9-17(22)18(23-2)8-11(13)3-4-19-14/h5,7-9,14,19-22H,3-4,6H2,1-2H3. The van der Waals surface area contributed by atoms with E-state index in [1.807, 2.05) is 13.0 Å². The summed E-state index contributed by atoms with van der Waals surface area (Å²) in [6, 6.07) is 6.85. The van der Waals surface area contributed by atoms with Crippen LogP contribution in [0.2, 0.25) is 0 Å². The number of hydrogen-bond acceptors (Lipinski definition) is 5. The van der Waals surface area contributed by atoms with Crippen LogP contribution in [-0.2, 0) is 12.8 Å². The molecule has 0 amide bonds. The van der Waals surface area contributed by atoms with Crippen LogP contribution in [0.4, 0.5) is 0 Å². The van der Waals surface area contributed by atoms with E-state index in [-0.39, 0.29) is 23.3 Å². The van der Waals surface area contributed by atoms with Gasteiger partial charge in [-0.25, -0.2) is 0 Å². The zero-order valence-electron chi connectivity index (χ0n) is 13.3. The third-order valence-corrected chi connectivity index (χ3v) is 4.46. The first-order chi connectivity index (χ1) is 11.0. The fraction of sp³-hybridized carbons (Fsp3) is 0.333. The summed E-state index contributed by atoms with van der Waals surface area (Å²) >= 11 is 0. The van der Waals surface area contributed by atoms with E-state index >= 15 is 0 Å². The molecule has 2 aromatic carbocycles. The summed E-state index contributed by atoms with van der Waals surface area (Å²) in [5.41, 5.74) is 4.08. The second-order valence-electron chi connectivity index (χ2n) is 5.95. The highest BCUT2D eigenvalue weighted by Crippen LogP contribution is 2.37. The second-order valence-corrected chi connectivity index (χ2v) is 5.95. The first kappa shape index (κ1) is 15.5. The molecule has 5 nitrogen and oxygen atoms in total. The molecule has 3 rings (SSSR count). The van der Waals surface area contributed by atoms with E-state index in [0.717, 1.165) is 35.2 Å². The van der Waals surface area contributed by atoms with Gasteiger partial charge in [-0.15, -0.1) is 0 Å². The smallest absolute Gasteiger partial charge is 0.160 e. The fourth-order valence-electron chi connectivity index (χ4n) is 3.17. The number of nitrogens with one attached hydrogen (secondary N) is 1. The van der Waals surface area contributed by atoms with Crippen LogP contribution in [-0.4, -0.2) is 29.0 Å². The van der Waals surface area contributed by atoms with Gasteiger partial charge in [0, 0.05) is 6.04 Å². The van der Waals surface area contributed by atoms with E-state index in [1.54, 1.807) is 25.3 Å². The number of fused-ring (bicyclic) bond motifs is 1. The van der Waals surface area contributed by atoms with Crippen LogP contribution in [0.15, 0.2) is 24.3 Å². The monoisotopic (exact) mass is 315 g/mol. The maximum Gasteiger partial charge on any atom is 0.160 e. The number of ether oxygens (including phenoxy) is 1. The van der Waals surface area contributed by atoms with Crippen molar-refractivity contribution in [2.45, 2.75) is 25.8 Å². The third kappa shape index (κ3) is 2.92. The lowest BCUT2D eigenvalue weighted by molar-refractivity contribution is 0.370. The summed E-state index contributed by atoms with van der Waals surface area (Å²) in [6.07, 6.45) is 1.54. The number of phenolic OH excluding ortho intramolecular Hbond substituents is 3. The number of benzene rings is 2. The predicted octanol–water partition coefficient (Wildman–Crippen LogP) is 2.55. The number of hydrogen-bond donors (Lipinski definition) is 4. The van der Waals surface area contributed by atoms with E-state index in [2.05, 4.69) is 5.32 Å². The number of methoxy groups -OCH3 is 1. The maximum absolute atomic E-state index is 10.1. The van der Waals surface area contributed by atoms with Gasteiger partial charge in [-0.1, -0.05) is 0 Å². The van der Waals surface area contributed by atoms with E-state index in [1.165, 1.54) is 0 Å². The van der Waals surface area contributed by atoms with E-state index < -0.39 is 0 Å². The van der Waals surface area contributed by atoms with Crippen LogP contribution in [0.3, 0.4) is 0 Å². The Kier molecular flexibility index (Phi) is 4.05. The van der Waals surface area contributed by atoms with Crippen molar-refractivity contribution < 1.29 is 20.1 Å². The van der Waals surface area contributed by atoms with Gasteiger partial charge < -0.3 is 25.4 Å². The van der Waals surface area contributed by atoms with Crippen LogP contribution < -0.4 is 10.1 Å². The zero-order chi connectivity index (χ0) is 16.6. The van der Waals surface area contributed by atoms with Crippen LogP contribution in [0.25, 0.3) is 0 Å². The highest BCUT2D eigenvalue weighted by molar-refractivity contribution is 5.50. The summed E-state index contributed by atoms with van der Waals surface area (Å²) in [6.45, 7) is 2.75. The molecule has 0 bridgehead atoms. The minimum atomic E-state index is -0.112. The van der Waals surface area contributed by atoms with Crippen molar-refractivity contribution in [3.63, 3.8) is 0 Å². The van der Waals surface area contributed by atoms with Gasteiger partial charge in [0.1, 0.15) is 0 Å². The fourth-order valence-corrected chi connectivity index (χ4v) is 3.17. The highest BCUT2D eigenvalue weighted by atomic mass is 16.5. The molecule has 1 aliphatic heterocycles. The van der Waals surface area contributed by atoms with Crippen LogP contribution in [0.1, 0.15) is 28.3 Å². The minimum Gasteiger partial charge on any atom is -0.504 e. The first-order valence-electron chi connectivity index (χ1n) is 7.64. The molecular formula is C18H21NO4. The molecule has 4 N–H and O–H groups in total. The summed E-state index contributed by atoms with van der Waals surface area (Å²) in [5.74, 6) is 0.401. The van der Waals surface area contributed by atoms with Gasteiger partial charge in [-0.2, -0.15) is 0 Å². The molecule has 0 spiro atoms. The summed E-state index contributed by atoms with van der Waals surface area (Å²) < 4.78 is 5.18. The van der Waals surface area contributed by atoms with Crippen molar-refractivity contribution in [2.75, 3.05) is 13.7 Å². The number of aryl methyl sites for hydroxylation is 1. The Labute approximate surface area is 135 Å². The van der Waals surface area contributed by atoms with Crippen LogP contribution in [0, 0.1) is 6.92 Å². The average Bonchev–Trinajstić information content (AvgIpc) is 2.52. The SMILES string of the molecule is COc1cc2c(cc1O)C(Cc1cc(O)c(O)cc1C)NCC2. The van der Waals surface area contributed by atoms with Crippen LogP contribution >= 0.6 is 0 Å². The van der Waals surface area contributed by atoms with Crippen molar-refractivity contribution in [1.82, 2.24) is 5.32 Å². The molecule has 0 aromatic heterocycles. The molecule has 2 aromatic rings. The Morgan fingerprint density at radius 2 is 1.83 bits per heavy atom. The van der Waals surface area contributed by atoms with Gasteiger partial charge in [0.2, 0.25) is 0 Å². The molecule has 0 radical (unpaired) electrons. The summed E-state index contributed by atoms with van der Waals surface area (Å²) in [7, 11) is 1.54. The Hall–Kier alpha value is -2.40. The van der Waals surface area contributed by atoms with Gasteiger partial charge in [-0.3, -0.25) is 0 Å². The predicted molar refractivity (Wildman–Crippen MR) is 87.3 cm³/mol. The average molecular weight is 315 g/mol. The Balaban J connectivity index is 1.95. The molecule has 0 aliphatic carbocycles. The van der Waals surface area contributed by atoms with Crippen LogP contribution in [0.5, 0.6) is 23.0 Å². The summed E-state index contributed by atoms with van der Waals surface area (Å²) in [4.78, 5) is 0. The Morgan fingerprint density at radius 1 is 1.09 bits per heavy atom. The van der Waals surface area contributed by atoms with E-state index in [4.69, 9.17) is 4.74 Å². The van der Waals surface area contributed by atoms with Crippen molar-refractivity contribution in [3.05, 3.63) is 46.5 Å². The molecule has 0 saturated carbocycles. The normalized spacial score (nSPS) is 16.9. The lowest BCUT2D eigenvalue weighted by atomic mass is 9.88. The van der Waals surface area contributed by atoms with Crippen molar-refractivity contribution in [1.29, 1.82) is 0 Å². The lowest BCUT2D eigenvalue weighted by Gasteiger charge is -2.28. The Morgan fingerprint density at radius 3 is 2.57 bits per heavy atom. The summed E-state index contributed by atoms with van der Waals surface area (Å²) in [5, 5.41) is 32.8. The molecule has 0 saturated heterocycles. The Bertz CT molecular complexity index is 742. The zero-order valence-corrected chi connectivity index (χ0v) is 13.3. The molecule has 1 heterocycles. The molecule has 1 unspecified atom stereocenters. The molecular weight excluding hydrogens is 294 g/mol. The third-order valence-electron chi connectivity index (χ3n) is 4.46. The molecule has 5 heteroatoms. The maximum atomic E-state index is 10.1. The molecule has 0 fully saturated rings. The topological polar surface area (TPSA) is 82.0 Å².